The van der Waals surface area contributed by atoms with Crippen LogP contribution < -0.4 is 19.8 Å². The van der Waals surface area contributed by atoms with Crippen LogP contribution in [0.3, 0.4) is 0 Å². The second kappa shape index (κ2) is 4.38. The first-order valence-corrected chi connectivity index (χ1v) is 7.94. The van der Waals surface area contributed by atoms with Crippen LogP contribution >= 0.6 is 0 Å². The molecule has 4 heteroatoms. The van der Waals surface area contributed by atoms with Crippen LogP contribution in [0.4, 0.5) is 0 Å². The zero-order valence-corrected chi connectivity index (χ0v) is 10.5. The Morgan fingerprint density at radius 1 is 0.917 bits per heavy atom. The van der Waals surface area contributed by atoms with E-state index in [0.29, 0.717) is 0 Å². The van der Waals surface area contributed by atoms with Crippen LogP contribution in [0, 0.1) is 0 Å². The Morgan fingerprint density at radius 3 is 1.50 bits per heavy atom. The molecule has 0 amide bonds. The quantitative estimate of drug-likeness (QED) is 0.518. The third kappa shape index (κ3) is 1.72. The van der Waals surface area contributed by atoms with E-state index in [4.69, 9.17) is 0 Å². The summed E-state index contributed by atoms with van der Waals surface area (Å²) in [6.45, 7) is 4.11. The van der Waals surface area contributed by atoms with Gasteiger partial charge in [0, 0.05) is 0 Å². The molecule has 0 aromatic heterocycles. The van der Waals surface area contributed by atoms with E-state index in [0.717, 1.165) is 19.6 Å². The van der Waals surface area contributed by atoms with Crippen molar-refractivity contribution in [2.75, 3.05) is 0 Å². The summed E-state index contributed by atoms with van der Waals surface area (Å²) in [5.41, 5.74) is -0.385. The Balaban J connectivity index is 2.89. The predicted molar refractivity (Wildman–Crippen MR) is 53.1 cm³/mol. The van der Waals surface area contributed by atoms with Gasteiger partial charge in [-0.1, -0.05) is 0 Å². The third-order valence-electron chi connectivity index (χ3n) is 1.40. The van der Waals surface area contributed by atoms with E-state index in [1.54, 1.807) is 0 Å². The summed E-state index contributed by atoms with van der Waals surface area (Å²) >= 11 is 0.522. The number of hydrogen-bond donors (Lipinski definition) is 0. The molecule has 0 fully saturated rings. The van der Waals surface area contributed by atoms with Crippen molar-refractivity contribution in [3.05, 3.63) is 20.4 Å². The molecule has 0 N–H and O–H groups in total. The fourth-order valence-electron chi connectivity index (χ4n) is 0.901. The molecule has 0 aliphatic heterocycles. The van der Waals surface area contributed by atoms with Gasteiger partial charge in [-0.2, -0.15) is 0 Å². The van der Waals surface area contributed by atoms with Crippen molar-refractivity contribution < 1.29 is 0 Å². The summed E-state index contributed by atoms with van der Waals surface area (Å²) in [6, 6.07) is 0. The van der Waals surface area contributed by atoms with Crippen molar-refractivity contribution >= 4 is 38.8 Å². The van der Waals surface area contributed by atoms with E-state index < -0.39 is 0 Å². The standard InChI is InChI=1S/C8H10O2Se2/c1-3-11-7-5(9)6(10)8(7)12-4-2/h3-4H2,1-2H3. The van der Waals surface area contributed by atoms with Crippen molar-refractivity contribution in [3.8, 4) is 0 Å². The van der Waals surface area contributed by atoms with Crippen LogP contribution in [-0.4, -0.2) is 29.9 Å². The SMILES string of the molecule is CC[Se]c1c([Se]CC)c(=O)c1=O. The first-order valence-electron chi connectivity index (χ1n) is 3.81. The van der Waals surface area contributed by atoms with Crippen LogP contribution in [-0.2, 0) is 0 Å². The second-order valence-corrected chi connectivity index (χ2v) is 7.53. The summed E-state index contributed by atoms with van der Waals surface area (Å²) in [6.07, 6.45) is 0. The normalized spacial score (nSPS) is 10.8. The van der Waals surface area contributed by atoms with Gasteiger partial charge in [0.05, 0.1) is 0 Å². The van der Waals surface area contributed by atoms with Gasteiger partial charge >= 0.3 is 83.8 Å². The molecular weight excluding hydrogens is 286 g/mol. The first-order chi connectivity index (χ1) is 5.72. The molecule has 12 heavy (non-hydrogen) atoms. The van der Waals surface area contributed by atoms with Gasteiger partial charge in [0.25, 0.3) is 0 Å². The average molecular weight is 296 g/mol. The fourth-order valence-corrected chi connectivity index (χ4v) is 5.28. The van der Waals surface area contributed by atoms with Gasteiger partial charge in [-0.05, 0) is 0 Å². The summed E-state index contributed by atoms with van der Waals surface area (Å²) in [4.78, 5) is 22.1. The van der Waals surface area contributed by atoms with Crippen LogP contribution in [0.15, 0.2) is 9.59 Å². The monoisotopic (exact) mass is 298 g/mol. The Bertz CT molecular complexity index is 303. The Hall–Kier alpha value is 0.119. The van der Waals surface area contributed by atoms with Crippen LogP contribution in [0.25, 0.3) is 0 Å². The van der Waals surface area contributed by atoms with Gasteiger partial charge in [0.2, 0.25) is 0 Å². The van der Waals surface area contributed by atoms with E-state index in [1.807, 2.05) is 0 Å². The van der Waals surface area contributed by atoms with Crippen LogP contribution in [0.2, 0.25) is 10.6 Å². The molecule has 0 atom stereocenters. The third-order valence-corrected chi connectivity index (χ3v) is 6.11. The van der Waals surface area contributed by atoms with E-state index in [-0.39, 0.29) is 40.8 Å². The zero-order chi connectivity index (χ0) is 9.14. The molecule has 0 heterocycles. The van der Waals surface area contributed by atoms with Crippen molar-refractivity contribution in [1.29, 1.82) is 0 Å². The number of rotatable bonds is 4. The molecule has 1 rings (SSSR count). The van der Waals surface area contributed by atoms with Crippen LogP contribution in [0.5, 0.6) is 0 Å². The van der Waals surface area contributed by atoms with Crippen molar-refractivity contribution in [2.24, 2.45) is 0 Å². The molecule has 0 radical (unpaired) electrons. The average Bonchev–Trinajstić information content (AvgIpc) is 2.10. The first kappa shape index (κ1) is 10.2. The summed E-state index contributed by atoms with van der Waals surface area (Å²) in [7, 11) is 0. The summed E-state index contributed by atoms with van der Waals surface area (Å²) < 4.78 is 1.77. The molecule has 0 bridgehead atoms. The molecule has 0 aliphatic rings. The molecule has 0 unspecified atom stereocenters. The Kier molecular flexibility index (Phi) is 3.73. The molecular formula is C8H10O2Se2. The van der Waals surface area contributed by atoms with Gasteiger partial charge in [-0.15, -0.1) is 0 Å². The van der Waals surface area contributed by atoms with Gasteiger partial charge in [0.1, 0.15) is 0 Å². The second-order valence-electron chi connectivity index (χ2n) is 2.18. The van der Waals surface area contributed by atoms with Gasteiger partial charge < -0.3 is 0 Å². The van der Waals surface area contributed by atoms with Crippen LogP contribution in [0.1, 0.15) is 13.8 Å². The predicted octanol–water partition coefficient (Wildman–Crippen LogP) is -1.18. The van der Waals surface area contributed by atoms with E-state index in [9.17, 15) is 9.59 Å². The molecule has 1 aromatic rings. The maximum absolute atomic E-state index is 11.1. The topological polar surface area (TPSA) is 34.1 Å². The van der Waals surface area contributed by atoms with Crippen molar-refractivity contribution in [2.45, 2.75) is 24.5 Å². The molecule has 0 aliphatic carbocycles. The summed E-state index contributed by atoms with van der Waals surface area (Å²) in [5, 5.41) is 2.04. The molecule has 0 saturated heterocycles. The fraction of sp³-hybridized carbons (Fsp3) is 0.500. The molecule has 66 valence electrons. The Labute approximate surface area is 83.8 Å². The van der Waals surface area contributed by atoms with E-state index in [2.05, 4.69) is 13.8 Å². The van der Waals surface area contributed by atoms with E-state index in [1.165, 1.54) is 0 Å². The summed E-state index contributed by atoms with van der Waals surface area (Å²) in [5.74, 6) is 0. The van der Waals surface area contributed by atoms with Gasteiger partial charge in [-0.3, -0.25) is 0 Å². The minimum absolute atomic E-state index is 0.192. The molecule has 1 aromatic carbocycles. The van der Waals surface area contributed by atoms with Gasteiger partial charge in [-0.25, -0.2) is 0 Å². The van der Waals surface area contributed by atoms with Crippen molar-refractivity contribution in [3.63, 3.8) is 0 Å². The Morgan fingerprint density at radius 2 is 1.25 bits per heavy atom. The maximum atomic E-state index is 11.1. The number of hydrogen-bond acceptors (Lipinski definition) is 2. The molecule has 2 nitrogen and oxygen atoms in total. The van der Waals surface area contributed by atoms with E-state index >= 15 is 0 Å². The molecule has 0 spiro atoms. The minimum atomic E-state index is -0.192. The van der Waals surface area contributed by atoms with Gasteiger partial charge in [0.15, 0.2) is 0 Å². The zero-order valence-electron chi connectivity index (χ0n) is 7.05. The van der Waals surface area contributed by atoms with Crippen molar-refractivity contribution in [1.82, 2.24) is 0 Å². The molecule has 0 saturated carbocycles.